The fraction of sp³-hybridized carbons (Fsp3) is 0.300. The molecule has 2 rings (SSSR count). The fourth-order valence-corrected chi connectivity index (χ4v) is 2.50. The molecule has 0 aliphatic carbocycles. The smallest absolute Gasteiger partial charge is 0.321 e. The zero-order valence-electron chi connectivity index (χ0n) is 14.9. The molecular weight excluding hydrogens is 314 g/mol. The molecule has 0 aromatic heterocycles. The molecule has 5 heteroatoms. The van der Waals surface area contributed by atoms with Crippen molar-refractivity contribution in [2.45, 2.75) is 32.2 Å². The molecule has 2 aromatic rings. The van der Waals surface area contributed by atoms with Crippen LogP contribution in [0.5, 0.6) is 0 Å². The molecule has 0 spiro atoms. The average Bonchev–Trinajstić information content (AvgIpc) is 2.66. The summed E-state index contributed by atoms with van der Waals surface area (Å²) in [6.07, 6.45) is 1.08. The number of imide groups is 1. The highest BCUT2D eigenvalue weighted by Gasteiger charge is 2.22. The number of carbonyl (C=O) groups is 2. The molecule has 5 nitrogen and oxygen atoms in total. The van der Waals surface area contributed by atoms with Crippen LogP contribution in [0, 0.1) is 0 Å². The summed E-state index contributed by atoms with van der Waals surface area (Å²) in [5, 5.41) is 7.95. The van der Waals surface area contributed by atoms with Crippen LogP contribution >= 0.6 is 0 Å². The quantitative estimate of drug-likeness (QED) is 0.749. The zero-order chi connectivity index (χ0) is 18.2. The number of anilines is 1. The summed E-state index contributed by atoms with van der Waals surface area (Å²) in [5.41, 5.74) is 2.88. The maximum Gasteiger partial charge on any atom is 0.321 e. The summed E-state index contributed by atoms with van der Waals surface area (Å²) < 4.78 is 0. The third-order valence-electron chi connectivity index (χ3n) is 4.26. The molecule has 0 aliphatic heterocycles. The number of amides is 3. The number of nitrogens with one attached hydrogen (secondary N) is 3. The van der Waals surface area contributed by atoms with Gasteiger partial charge in [-0.25, -0.2) is 4.79 Å². The second kappa shape index (κ2) is 8.87. The Morgan fingerprint density at radius 3 is 2.16 bits per heavy atom. The molecule has 3 N–H and O–H groups in total. The molecular formula is C20H25N3O2. The summed E-state index contributed by atoms with van der Waals surface area (Å²) >= 11 is 0. The van der Waals surface area contributed by atoms with Crippen LogP contribution in [0.2, 0.25) is 0 Å². The van der Waals surface area contributed by atoms with Crippen LogP contribution in [-0.4, -0.2) is 19.0 Å². The molecule has 132 valence electrons. The zero-order valence-corrected chi connectivity index (χ0v) is 14.9. The summed E-state index contributed by atoms with van der Waals surface area (Å²) in [7, 11) is 1.47. The largest absolute Gasteiger partial charge is 0.370 e. The first-order chi connectivity index (χ1) is 12.0. The maximum atomic E-state index is 12.5. The Kier molecular flexibility index (Phi) is 6.57. The van der Waals surface area contributed by atoms with Gasteiger partial charge in [0.25, 0.3) is 5.91 Å². The lowest BCUT2D eigenvalue weighted by Gasteiger charge is -2.20. The Morgan fingerprint density at radius 1 is 0.960 bits per heavy atom. The highest BCUT2D eigenvalue weighted by Crippen LogP contribution is 2.24. The number of rotatable bonds is 6. The predicted molar refractivity (Wildman–Crippen MR) is 101 cm³/mol. The monoisotopic (exact) mass is 339 g/mol. The van der Waals surface area contributed by atoms with Gasteiger partial charge in [-0.3, -0.25) is 10.1 Å². The highest BCUT2D eigenvalue weighted by molar-refractivity contribution is 5.98. The van der Waals surface area contributed by atoms with Crippen molar-refractivity contribution in [3.8, 4) is 0 Å². The van der Waals surface area contributed by atoms with E-state index in [1.807, 2.05) is 42.5 Å². The van der Waals surface area contributed by atoms with E-state index in [0.29, 0.717) is 5.92 Å². The topological polar surface area (TPSA) is 70.2 Å². The van der Waals surface area contributed by atoms with Crippen LogP contribution < -0.4 is 16.0 Å². The van der Waals surface area contributed by atoms with Gasteiger partial charge in [0.15, 0.2) is 0 Å². The van der Waals surface area contributed by atoms with Crippen LogP contribution in [0.4, 0.5) is 10.5 Å². The van der Waals surface area contributed by atoms with Gasteiger partial charge in [-0.15, -0.1) is 0 Å². The van der Waals surface area contributed by atoms with Gasteiger partial charge in [-0.1, -0.05) is 56.3 Å². The minimum absolute atomic E-state index is 0.406. The molecule has 0 aliphatic rings. The van der Waals surface area contributed by atoms with Gasteiger partial charge in [0.1, 0.15) is 6.04 Å². The molecule has 0 unspecified atom stereocenters. The first-order valence-corrected chi connectivity index (χ1v) is 8.49. The van der Waals surface area contributed by atoms with Crippen LogP contribution in [0.1, 0.15) is 43.4 Å². The molecule has 0 saturated carbocycles. The summed E-state index contributed by atoms with van der Waals surface area (Å²) in [4.78, 5) is 24.0. The first-order valence-electron chi connectivity index (χ1n) is 8.49. The average molecular weight is 339 g/mol. The van der Waals surface area contributed by atoms with Gasteiger partial charge >= 0.3 is 6.03 Å². The van der Waals surface area contributed by atoms with Crippen molar-refractivity contribution in [1.29, 1.82) is 0 Å². The molecule has 25 heavy (non-hydrogen) atoms. The third kappa shape index (κ3) is 5.08. The summed E-state index contributed by atoms with van der Waals surface area (Å²) in [5.74, 6) is 0.0899. The van der Waals surface area contributed by atoms with Crippen LogP contribution in [0.3, 0.4) is 0 Å². The number of hydrogen-bond donors (Lipinski definition) is 3. The molecule has 2 aromatic carbocycles. The van der Waals surface area contributed by atoms with E-state index in [1.54, 1.807) is 0 Å². The van der Waals surface area contributed by atoms with E-state index in [9.17, 15) is 9.59 Å². The lowest BCUT2D eigenvalue weighted by Crippen LogP contribution is -2.42. The molecule has 0 bridgehead atoms. The molecule has 0 saturated heterocycles. The molecule has 3 amide bonds. The Labute approximate surface area is 148 Å². The molecule has 0 heterocycles. The highest BCUT2D eigenvalue weighted by atomic mass is 16.2. The van der Waals surface area contributed by atoms with Gasteiger partial charge in [-0.2, -0.15) is 0 Å². The van der Waals surface area contributed by atoms with E-state index in [0.717, 1.165) is 17.7 Å². The lowest BCUT2D eigenvalue weighted by molar-refractivity contribution is -0.120. The summed E-state index contributed by atoms with van der Waals surface area (Å²) in [6.45, 7) is 4.34. The maximum absolute atomic E-state index is 12.5. The lowest BCUT2D eigenvalue weighted by atomic mass is 9.98. The Morgan fingerprint density at radius 2 is 1.60 bits per heavy atom. The third-order valence-corrected chi connectivity index (χ3v) is 4.26. The number of hydrogen-bond acceptors (Lipinski definition) is 3. The SMILES string of the molecule is CC[C@H](C)c1ccc(N[C@H](C(=O)NC(=O)NC)c2ccccc2)cc1. The van der Waals surface area contributed by atoms with Crippen molar-refractivity contribution < 1.29 is 9.59 Å². The van der Waals surface area contributed by atoms with Crippen molar-refractivity contribution in [1.82, 2.24) is 10.6 Å². The number of carbonyl (C=O) groups excluding carboxylic acids is 2. The first kappa shape index (κ1) is 18.5. The molecule has 0 radical (unpaired) electrons. The van der Waals surface area contributed by atoms with E-state index in [4.69, 9.17) is 0 Å². The Balaban J connectivity index is 2.21. The van der Waals surface area contributed by atoms with Crippen LogP contribution in [-0.2, 0) is 4.79 Å². The Bertz CT molecular complexity index is 699. The van der Waals surface area contributed by atoms with E-state index < -0.39 is 18.0 Å². The van der Waals surface area contributed by atoms with E-state index in [1.165, 1.54) is 12.6 Å². The van der Waals surface area contributed by atoms with E-state index in [2.05, 4.69) is 41.9 Å². The van der Waals surface area contributed by atoms with Crippen molar-refractivity contribution in [2.24, 2.45) is 0 Å². The van der Waals surface area contributed by atoms with E-state index in [-0.39, 0.29) is 0 Å². The molecule has 2 atom stereocenters. The van der Waals surface area contributed by atoms with Gasteiger partial charge in [-0.05, 0) is 35.6 Å². The van der Waals surface area contributed by atoms with Crippen molar-refractivity contribution in [3.05, 3.63) is 65.7 Å². The van der Waals surface area contributed by atoms with Gasteiger partial charge in [0.2, 0.25) is 0 Å². The van der Waals surface area contributed by atoms with Crippen LogP contribution in [0.25, 0.3) is 0 Å². The number of urea groups is 1. The molecule has 0 fully saturated rings. The van der Waals surface area contributed by atoms with Crippen molar-refractivity contribution >= 4 is 17.6 Å². The number of benzene rings is 2. The second-order valence-corrected chi connectivity index (χ2v) is 5.99. The van der Waals surface area contributed by atoms with E-state index >= 15 is 0 Å². The minimum atomic E-state index is -0.659. The second-order valence-electron chi connectivity index (χ2n) is 5.99. The minimum Gasteiger partial charge on any atom is -0.370 e. The Hall–Kier alpha value is -2.82. The standard InChI is InChI=1S/C20H25N3O2/c1-4-14(2)15-10-12-17(13-11-15)22-18(16-8-6-5-7-9-16)19(24)23-20(25)21-3/h5-14,18,22H,4H2,1-3H3,(H2,21,23,24,25)/t14-,18-/m0/s1. The summed E-state index contributed by atoms with van der Waals surface area (Å²) in [6, 6.07) is 16.2. The van der Waals surface area contributed by atoms with Gasteiger partial charge in [0.05, 0.1) is 0 Å². The van der Waals surface area contributed by atoms with Crippen molar-refractivity contribution in [3.63, 3.8) is 0 Å². The normalized spacial score (nSPS) is 12.8. The van der Waals surface area contributed by atoms with Gasteiger partial charge in [0, 0.05) is 12.7 Å². The van der Waals surface area contributed by atoms with Crippen molar-refractivity contribution in [2.75, 3.05) is 12.4 Å². The predicted octanol–water partition coefficient (Wildman–Crippen LogP) is 3.81. The van der Waals surface area contributed by atoms with Gasteiger partial charge < -0.3 is 10.6 Å². The van der Waals surface area contributed by atoms with Crippen LogP contribution in [0.15, 0.2) is 54.6 Å². The fourth-order valence-electron chi connectivity index (χ4n) is 2.50.